The third kappa shape index (κ3) is 3.12. The van der Waals surface area contributed by atoms with Crippen LogP contribution in [0.5, 0.6) is 0 Å². The average Bonchev–Trinajstić information content (AvgIpc) is 2.34. The molecule has 0 saturated carbocycles. The molecule has 0 aliphatic carbocycles. The van der Waals surface area contributed by atoms with Crippen molar-refractivity contribution in [3.63, 3.8) is 0 Å². The van der Waals surface area contributed by atoms with E-state index in [2.05, 4.69) is 0 Å². The summed E-state index contributed by atoms with van der Waals surface area (Å²) in [5.74, 6) is -0.435. The molecule has 6 heteroatoms. The Kier molecular flexibility index (Phi) is 4.49. The highest BCUT2D eigenvalue weighted by Crippen LogP contribution is 2.26. The average molecular weight is 298 g/mol. The van der Waals surface area contributed by atoms with Crippen molar-refractivity contribution < 1.29 is 13.2 Å². The van der Waals surface area contributed by atoms with Crippen LogP contribution in [0.15, 0.2) is 24.3 Å². The van der Waals surface area contributed by atoms with Gasteiger partial charge in [0, 0.05) is 19.0 Å². The Morgan fingerprint density at radius 2 is 1.90 bits per heavy atom. The second-order valence-electron chi connectivity index (χ2n) is 5.54. The van der Waals surface area contributed by atoms with E-state index in [-0.39, 0.29) is 6.04 Å². The molecule has 0 heterocycles. The van der Waals surface area contributed by atoms with Crippen LogP contribution in [0.4, 0.5) is 5.69 Å². The van der Waals surface area contributed by atoms with Gasteiger partial charge in [0.25, 0.3) is 0 Å². The molecule has 1 aromatic rings. The van der Waals surface area contributed by atoms with E-state index in [0.29, 0.717) is 5.69 Å². The molecule has 1 unspecified atom stereocenters. The van der Waals surface area contributed by atoms with E-state index in [0.717, 1.165) is 11.8 Å². The molecule has 112 valence electrons. The lowest BCUT2D eigenvalue weighted by atomic mass is 10.0. The minimum absolute atomic E-state index is 0.257. The van der Waals surface area contributed by atoms with E-state index >= 15 is 0 Å². The quantitative estimate of drug-likeness (QED) is 0.856. The highest BCUT2D eigenvalue weighted by Gasteiger charge is 2.41. The fraction of sp³-hybridized carbons (Fsp3) is 0.500. The van der Waals surface area contributed by atoms with Crippen molar-refractivity contribution in [2.45, 2.75) is 31.6 Å². The van der Waals surface area contributed by atoms with E-state index < -0.39 is 20.5 Å². The van der Waals surface area contributed by atoms with Crippen LogP contribution in [0.25, 0.3) is 0 Å². The molecular formula is C14H22N2O3S. The number of nitrogens with two attached hydrogens (primary N) is 1. The smallest absolute Gasteiger partial charge is 0.243 e. The third-order valence-electron chi connectivity index (χ3n) is 3.74. The lowest BCUT2D eigenvalue weighted by Gasteiger charge is -2.32. The van der Waals surface area contributed by atoms with Gasteiger partial charge in [0.05, 0.1) is 6.04 Å². The Labute approximate surface area is 120 Å². The summed E-state index contributed by atoms with van der Waals surface area (Å²) in [4.78, 5) is 13.9. The maximum atomic E-state index is 12.4. The van der Waals surface area contributed by atoms with Gasteiger partial charge in [-0.25, -0.2) is 8.42 Å². The zero-order chi connectivity index (χ0) is 15.7. The third-order valence-corrected chi connectivity index (χ3v) is 5.76. The molecule has 0 saturated heterocycles. The normalized spacial score (nSPS) is 13.8. The second-order valence-corrected chi connectivity index (χ2v) is 8.11. The molecule has 0 bridgehead atoms. The number of amides is 1. The molecule has 0 aliphatic heterocycles. The van der Waals surface area contributed by atoms with E-state index in [1.165, 1.54) is 18.7 Å². The van der Waals surface area contributed by atoms with Crippen molar-refractivity contribution in [1.82, 2.24) is 4.90 Å². The Morgan fingerprint density at radius 3 is 2.35 bits per heavy atom. The number of rotatable bonds is 4. The van der Waals surface area contributed by atoms with Crippen LogP contribution >= 0.6 is 0 Å². The molecule has 1 aromatic carbocycles. The van der Waals surface area contributed by atoms with Gasteiger partial charge in [-0.2, -0.15) is 0 Å². The highest BCUT2D eigenvalue weighted by atomic mass is 32.2. The summed E-state index contributed by atoms with van der Waals surface area (Å²) in [6.45, 7) is 4.69. The van der Waals surface area contributed by atoms with Gasteiger partial charge in [0.15, 0.2) is 9.84 Å². The van der Waals surface area contributed by atoms with Gasteiger partial charge >= 0.3 is 0 Å². The van der Waals surface area contributed by atoms with Crippen LogP contribution in [0.3, 0.4) is 0 Å². The molecule has 0 aromatic heterocycles. The summed E-state index contributed by atoms with van der Waals surface area (Å²) >= 11 is 0. The summed E-state index contributed by atoms with van der Waals surface area (Å²) < 4.78 is 22.0. The van der Waals surface area contributed by atoms with E-state index in [1.807, 2.05) is 13.0 Å². The maximum absolute atomic E-state index is 12.4. The molecule has 0 radical (unpaired) electrons. The van der Waals surface area contributed by atoms with Crippen LogP contribution in [-0.4, -0.2) is 37.3 Å². The van der Waals surface area contributed by atoms with Gasteiger partial charge in [-0.1, -0.05) is 12.1 Å². The summed E-state index contributed by atoms with van der Waals surface area (Å²) in [5.41, 5.74) is 7.20. The molecule has 1 atom stereocenters. The van der Waals surface area contributed by atoms with E-state index in [1.54, 1.807) is 25.2 Å². The summed E-state index contributed by atoms with van der Waals surface area (Å²) in [6.07, 6.45) is 1.07. The number of anilines is 1. The minimum Gasteiger partial charge on any atom is -0.399 e. The van der Waals surface area contributed by atoms with Gasteiger partial charge in [-0.3, -0.25) is 4.79 Å². The fourth-order valence-corrected chi connectivity index (χ4v) is 2.26. The Morgan fingerprint density at radius 1 is 1.35 bits per heavy atom. The van der Waals surface area contributed by atoms with Crippen LogP contribution in [0.2, 0.25) is 0 Å². The zero-order valence-electron chi connectivity index (χ0n) is 12.5. The van der Waals surface area contributed by atoms with Crippen molar-refractivity contribution in [3.8, 4) is 0 Å². The molecule has 0 spiro atoms. The van der Waals surface area contributed by atoms with Crippen LogP contribution in [0, 0.1) is 0 Å². The first-order valence-electron chi connectivity index (χ1n) is 6.30. The van der Waals surface area contributed by atoms with Crippen LogP contribution in [-0.2, 0) is 14.6 Å². The number of nitrogen functional groups attached to an aromatic ring is 1. The number of hydrogen-bond acceptors (Lipinski definition) is 4. The summed E-state index contributed by atoms with van der Waals surface area (Å²) in [5, 5.41) is 0. The number of carbonyl (C=O) groups is 1. The van der Waals surface area contributed by atoms with Gasteiger partial charge in [0.1, 0.15) is 4.75 Å². The first-order valence-corrected chi connectivity index (χ1v) is 8.20. The summed E-state index contributed by atoms with van der Waals surface area (Å²) in [6, 6.07) is 6.95. The predicted octanol–water partition coefficient (Wildman–Crippen LogP) is 1.61. The number of hydrogen-bond donors (Lipinski definition) is 1. The molecule has 5 nitrogen and oxygen atoms in total. The van der Waals surface area contributed by atoms with Crippen molar-refractivity contribution in [2.24, 2.45) is 0 Å². The lowest BCUT2D eigenvalue weighted by molar-refractivity contribution is -0.133. The molecule has 0 fully saturated rings. The van der Waals surface area contributed by atoms with Crippen molar-refractivity contribution in [2.75, 3.05) is 19.0 Å². The molecule has 20 heavy (non-hydrogen) atoms. The van der Waals surface area contributed by atoms with Crippen molar-refractivity contribution >= 4 is 21.4 Å². The fourth-order valence-electron chi connectivity index (χ4n) is 1.80. The SMILES string of the molecule is CC(c1cccc(N)c1)N(C)C(=O)C(C)(C)S(C)(=O)=O. The topological polar surface area (TPSA) is 80.5 Å². The van der Waals surface area contributed by atoms with Crippen molar-refractivity contribution in [3.05, 3.63) is 29.8 Å². The van der Waals surface area contributed by atoms with Gasteiger partial charge < -0.3 is 10.6 Å². The first kappa shape index (κ1) is 16.5. The Balaban J connectivity index is 3.06. The van der Waals surface area contributed by atoms with E-state index in [4.69, 9.17) is 5.73 Å². The Hall–Kier alpha value is -1.56. The zero-order valence-corrected chi connectivity index (χ0v) is 13.4. The standard InChI is InChI=1S/C14H22N2O3S/c1-10(11-7-6-8-12(15)9-11)16(4)13(17)14(2,3)20(5,18)19/h6-10H,15H2,1-5H3. The summed E-state index contributed by atoms with van der Waals surface area (Å²) in [7, 11) is -1.89. The molecule has 0 aliphatic rings. The Bertz CT molecular complexity index is 609. The van der Waals surface area contributed by atoms with Crippen LogP contribution < -0.4 is 5.73 Å². The maximum Gasteiger partial charge on any atom is 0.243 e. The highest BCUT2D eigenvalue weighted by molar-refractivity contribution is 7.92. The number of sulfone groups is 1. The number of nitrogens with zero attached hydrogens (tertiary/aromatic N) is 1. The minimum atomic E-state index is -3.49. The first-order chi connectivity index (χ1) is 8.98. The predicted molar refractivity (Wildman–Crippen MR) is 81.0 cm³/mol. The van der Waals surface area contributed by atoms with Crippen LogP contribution in [0.1, 0.15) is 32.4 Å². The molecule has 1 amide bonds. The van der Waals surface area contributed by atoms with Gasteiger partial charge in [0.2, 0.25) is 5.91 Å². The van der Waals surface area contributed by atoms with E-state index in [9.17, 15) is 13.2 Å². The molecular weight excluding hydrogens is 276 g/mol. The monoisotopic (exact) mass is 298 g/mol. The largest absolute Gasteiger partial charge is 0.399 e. The van der Waals surface area contributed by atoms with Crippen molar-refractivity contribution in [1.29, 1.82) is 0 Å². The lowest BCUT2D eigenvalue weighted by Crippen LogP contribution is -2.48. The molecule has 1 rings (SSSR count). The van der Waals surface area contributed by atoms with Gasteiger partial charge in [-0.15, -0.1) is 0 Å². The number of benzene rings is 1. The molecule has 2 N–H and O–H groups in total. The second kappa shape index (κ2) is 5.44. The van der Waals surface area contributed by atoms with Gasteiger partial charge in [-0.05, 0) is 38.5 Å². The number of carbonyl (C=O) groups excluding carboxylic acids is 1.